The van der Waals surface area contributed by atoms with Crippen molar-refractivity contribution in [2.24, 2.45) is 0 Å². The number of hydrogen-bond donors (Lipinski definition) is 0. The zero-order valence-corrected chi connectivity index (χ0v) is 12.0. The minimum atomic E-state index is 0. The zero-order chi connectivity index (χ0) is 5.11. The first-order valence-corrected chi connectivity index (χ1v) is 2.64. The number of hydrogen-bond acceptors (Lipinski definition) is 0. The van der Waals surface area contributed by atoms with Gasteiger partial charge in [-0.15, -0.1) is 0 Å². The van der Waals surface area contributed by atoms with E-state index >= 15 is 0 Å². The van der Waals surface area contributed by atoms with Crippen molar-refractivity contribution in [3.8, 4) is 0 Å². The van der Waals surface area contributed by atoms with Crippen LogP contribution >= 0.6 is 0 Å². The summed E-state index contributed by atoms with van der Waals surface area (Å²) in [7, 11) is 0. The van der Waals surface area contributed by atoms with Crippen LogP contribution in [-0.4, -0.2) is 0 Å². The first-order valence-electron chi connectivity index (χ1n) is 2.64. The summed E-state index contributed by atoms with van der Waals surface area (Å²) >= 11 is 0. The van der Waals surface area contributed by atoms with Gasteiger partial charge in [-0.25, -0.2) is 12.1 Å². The maximum atomic E-state index is 2.16. The molecule has 0 nitrogen and oxygen atoms in total. The molecule has 1 aromatic rings. The van der Waals surface area contributed by atoms with E-state index in [0.29, 0.717) is 0 Å². The van der Waals surface area contributed by atoms with Crippen molar-refractivity contribution in [2.45, 2.75) is 13.3 Å². The van der Waals surface area contributed by atoms with Gasteiger partial charge in [-0.05, 0) is 0 Å². The Morgan fingerprint density at radius 3 is 1.55 bits per heavy atom. The molecule has 0 radical (unpaired) electrons. The third kappa shape index (κ3) is 9.00. The average Bonchev–Trinajstić information content (AvgIpc) is 2.14. The topological polar surface area (TPSA) is 0 Å². The summed E-state index contributed by atoms with van der Waals surface area (Å²) < 4.78 is 0. The molecule has 0 atom stereocenters. The van der Waals surface area contributed by atoms with Gasteiger partial charge in [-0.3, -0.25) is 0 Å². The molecule has 0 spiro atoms. The van der Waals surface area contributed by atoms with Gasteiger partial charge in [-0.2, -0.15) is 17.7 Å². The summed E-state index contributed by atoms with van der Waals surface area (Å²) in [6.07, 6.45) is 1.16. The van der Waals surface area contributed by atoms with E-state index in [1.54, 1.807) is 0 Å². The molecule has 0 unspecified atom stereocenters. The van der Waals surface area contributed by atoms with Crippen LogP contribution in [0.25, 0.3) is 0 Å². The maximum Gasteiger partial charge on any atom is 4.00 e. The molecule has 1 rings (SSSR count). The molecule has 0 aliphatic carbocycles. The molecule has 0 saturated heterocycles. The monoisotopic (exact) mass is 378 g/mol. The Balaban J connectivity index is -0.0000000612. The fourth-order valence-corrected chi connectivity index (χ4v) is 0.650. The summed E-state index contributed by atoms with van der Waals surface area (Å²) in [5.41, 5.74) is 1.43. The third-order valence-electron chi connectivity index (χ3n) is 1.14. The Hall–Kier alpha value is 1.09. The predicted octanol–water partition coefficient (Wildman–Crippen LogP) is -7.02. The van der Waals surface area contributed by atoms with Gasteiger partial charge in [0.15, 0.2) is 0 Å². The van der Waals surface area contributed by atoms with Crippen molar-refractivity contribution in [1.29, 1.82) is 0 Å². The molecular weight excluding hydrogens is 369 g/mol. The largest absolute Gasteiger partial charge is 4.00 e. The first kappa shape index (κ1) is 22.7. The molecule has 0 aromatic heterocycles. The van der Waals surface area contributed by atoms with Gasteiger partial charge >= 0.3 is 25.8 Å². The van der Waals surface area contributed by atoms with E-state index in [1.807, 2.05) is 0 Å². The van der Waals surface area contributed by atoms with Gasteiger partial charge in [-0.1, -0.05) is 13.3 Å². The van der Waals surface area contributed by atoms with Crippen molar-refractivity contribution in [1.82, 2.24) is 0 Å². The molecule has 4 heteroatoms. The van der Waals surface area contributed by atoms with Crippen LogP contribution in [0.4, 0.5) is 0 Å². The molecule has 0 saturated carbocycles. The number of rotatable bonds is 1. The summed E-state index contributed by atoms with van der Waals surface area (Å²) in [5, 5.41) is 0. The minimum Gasteiger partial charge on any atom is -1.00 e. The van der Waals surface area contributed by atoms with Crippen LogP contribution in [0.15, 0.2) is 24.3 Å². The fraction of sp³-hybridized carbons (Fsp3) is 0.286. The van der Waals surface area contributed by atoms with E-state index < -0.39 is 0 Å². The molecule has 62 valence electrons. The second-order valence-corrected chi connectivity index (χ2v) is 1.65. The van der Waals surface area contributed by atoms with Gasteiger partial charge in [0, 0.05) is 0 Å². The Bertz CT molecular complexity index is 128. The zero-order valence-electron chi connectivity index (χ0n) is 6.15. The summed E-state index contributed by atoms with van der Waals surface area (Å²) in [5.74, 6) is 0. The summed E-state index contributed by atoms with van der Waals surface area (Å²) in [6.45, 7) is 2.16. The molecule has 0 amide bonds. The van der Waals surface area contributed by atoms with Gasteiger partial charge < -0.3 is 37.2 Å². The molecule has 0 N–H and O–H groups in total. The van der Waals surface area contributed by atoms with Gasteiger partial charge in [0.05, 0.1) is 0 Å². The molecule has 0 fully saturated rings. The van der Waals surface area contributed by atoms with Gasteiger partial charge in [0.1, 0.15) is 0 Å². The molecule has 0 heterocycles. The van der Waals surface area contributed by atoms with Crippen LogP contribution in [-0.2, 0) is 32.3 Å². The molecule has 11 heavy (non-hydrogen) atoms. The van der Waals surface area contributed by atoms with E-state index in [9.17, 15) is 0 Å². The van der Waals surface area contributed by atoms with Crippen molar-refractivity contribution in [3.63, 3.8) is 0 Å². The number of aryl methyl sites for hydroxylation is 1. The fourth-order valence-electron chi connectivity index (χ4n) is 0.650. The summed E-state index contributed by atoms with van der Waals surface area (Å²) in [4.78, 5) is 0. The smallest absolute Gasteiger partial charge is 1.00 e. The van der Waals surface area contributed by atoms with Crippen molar-refractivity contribution >= 4 is 0 Å². The standard InChI is InChI=1S/C7H9.3ClH.Hf/c1-2-7-5-3-4-6-7;;;;/h3-6H,2H2,1H3;3*1H;/q-1;;;;+4/p-3. The SMILES string of the molecule is CC[c-]1cccc1.[Cl-].[Cl-].[Cl-].[Hf+4]. The molecule has 0 bridgehead atoms. The quantitative estimate of drug-likeness (QED) is 0.337. The third-order valence-corrected chi connectivity index (χ3v) is 1.14. The van der Waals surface area contributed by atoms with Crippen LogP contribution in [0.2, 0.25) is 0 Å². The second-order valence-electron chi connectivity index (χ2n) is 1.65. The molecule has 0 aliphatic rings. The number of halogens is 3. The normalized spacial score (nSPS) is 5.91. The minimum absolute atomic E-state index is 0. The average molecular weight is 378 g/mol. The Morgan fingerprint density at radius 2 is 1.36 bits per heavy atom. The van der Waals surface area contributed by atoms with Crippen molar-refractivity contribution in [3.05, 3.63) is 29.8 Å². The first-order chi connectivity index (χ1) is 3.43. The van der Waals surface area contributed by atoms with Crippen molar-refractivity contribution < 1.29 is 63.1 Å². The second kappa shape index (κ2) is 13.7. The summed E-state index contributed by atoms with van der Waals surface area (Å²) in [6, 6.07) is 8.41. The van der Waals surface area contributed by atoms with Crippen LogP contribution in [0.5, 0.6) is 0 Å². The van der Waals surface area contributed by atoms with Crippen LogP contribution in [0.1, 0.15) is 12.5 Å². The van der Waals surface area contributed by atoms with Gasteiger partial charge in [0.2, 0.25) is 0 Å². The Labute approximate surface area is 106 Å². The molecule has 1 aromatic carbocycles. The molecular formula is C7H9Cl3Hf. The van der Waals surface area contributed by atoms with E-state index in [0.717, 1.165) is 6.42 Å². The van der Waals surface area contributed by atoms with E-state index in [-0.39, 0.29) is 63.1 Å². The Kier molecular flexibility index (Phi) is 28.2. The molecule has 0 aliphatic heterocycles. The van der Waals surface area contributed by atoms with E-state index in [1.165, 1.54) is 5.56 Å². The van der Waals surface area contributed by atoms with E-state index in [2.05, 4.69) is 31.2 Å². The predicted molar refractivity (Wildman–Crippen MR) is 31.4 cm³/mol. The maximum absolute atomic E-state index is 2.16. The van der Waals surface area contributed by atoms with Crippen LogP contribution in [0, 0.1) is 0 Å². The van der Waals surface area contributed by atoms with Crippen molar-refractivity contribution in [2.75, 3.05) is 0 Å². The van der Waals surface area contributed by atoms with Crippen LogP contribution < -0.4 is 37.2 Å². The Morgan fingerprint density at radius 1 is 1.00 bits per heavy atom. The van der Waals surface area contributed by atoms with Gasteiger partial charge in [0.25, 0.3) is 0 Å². The van der Waals surface area contributed by atoms with E-state index in [4.69, 9.17) is 0 Å². The van der Waals surface area contributed by atoms with Crippen LogP contribution in [0.3, 0.4) is 0 Å².